The van der Waals surface area contributed by atoms with Gasteiger partial charge in [-0.1, -0.05) is 13.8 Å². The Balaban J connectivity index is 1.69. The molecule has 8 nitrogen and oxygen atoms in total. The topological polar surface area (TPSA) is 105 Å². The molecule has 0 bridgehead atoms. The van der Waals surface area contributed by atoms with Gasteiger partial charge in [-0.25, -0.2) is 4.79 Å². The van der Waals surface area contributed by atoms with Gasteiger partial charge in [0.1, 0.15) is 18.0 Å². The molecule has 4 fully saturated rings. The van der Waals surface area contributed by atoms with Crippen molar-refractivity contribution in [3.05, 3.63) is 11.8 Å². The van der Waals surface area contributed by atoms with Gasteiger partial charge in [0.2, 0.25) is 0 Å². The summed E-state index contributed by atoms with van der Waals surface area (Å²) >= 11 is 0. The van der Waals surface area contributed by atoms with Crippen LogP contribution in [0.15, 0.2) is 11.8 Å². The predicted molar refractivity (Wildman–Crippen MR) is 104 cm³/mol. The molecule has 8 heteroatoms. The molecule has 2 heterocycles. The van der Waals surface area contributed by atoms with E-state index >= 15 is 0 Å². The van der Waals surface area contributed by atoms with E-state index in [1.54, 1.807) is 0 Å². The van der Waals surface area contributed by atoms with Gasteiger partial charge in [0.05, 0.1) is 18.4 Å². The van der Waals surface area contributed by atoms with Crippen LogP contribution in [0, 0.1) is 34.5 Å². The SMILES string of the molecule is COC[C@H]1OC(=O)C2=COC3C(=O)C4C([C@H](OC(C)=O)C[C@]5(C)C(=O)CC[C@@H]45)[C@]1(C)C23. The molecular formula is C23H28O8. The lowest BCUT2D eigenvalue weighted by Gasteiger charge is -2.61. The summed E-state index contributed by atoms with van der Waals surface area (Å²) in [4.78, 5) is 51.4. The molecule has 3 saturated carbocycles. The van der Waals surface area contributed by atoms with Crippen LogP contribution >= 0.6 is 0 Å². The first-order valence-electron chi connectivity index (χ1n) is 10.9. The van der Waals surface area contributed by atoms with Gasteiger partial charge < -0.3 is 18.9 Å². The van der Waals surface area contributed by atoms with Crippen molar-refractivity contribution in [3.63, 3.8) is 0 Å². The number of cyclic esters (lactones) is 1. The molecule has 0 radical (unpaired) electrons. The van der Waals surface area contributed by atoms with E-state index < -0.39 is 58.8 Å². The lowest BCUT2D eigenvalue weighted by Crippen LogP contribution is -2.70. The Bertz CT molecular complexity index is 907. The van der Waals surface area contributed by atoms with Crippen molar-refractivity contribution < 1.29 is 38.1 Å². The van der Waals surface area contributed by atoms with E-state index in [9.17, 15) is 19.2 Å². The second-order valence-electron chi connectivity index (χ2n) is 10.1. The number of methoxy groups -OCH3 is 1. The molecule has 1 saturated heterocycles. The molecule has 4 unspecified atom stereocenters. The summed E-state index contributed by atoms with van der Waals surface area (Å²) in [5.74, 6) is -2.53. The number of hydrogen-bond acceptors (Lipinski definition) is 8. The molecule has 0 aromatic heterocycles. The van der Waals surface area contributed by atoms with E-state index in [1.807, 2.05) is 13.8 Å². The molecular weight excluding hydrogens is 404 g/mol. The number of esters is 2. The lowest BCUT2D eigenvalue weighted by atomic mass is 9.43. The molecule has 2 aliphatic heterocycles. The summed E-state index contributed by atoms with van der Waals surface area (Å²) < 4.78 is 22.8. The minimum atomic E-state index is -0.801. The van der Waals surface area contributed by atoms with Crippen LogP contribution in [0.3, 0.4) is 0 Å². The van der Waals surface area contributed by atoms with E-state index in [2.05, 4.69) is 0 Å². The average molecular weight is 432 g/mol. The number of ether oxygens (including phenoxy) is 4. The van der Waals surface area contributed by atoms with Gasteiger partial charge in [-0.3, -0.25) is 14.4 Å². The number of ketones is 2. The largest absolute Gasteiger partial charge is 0.489 e. The van der Waals surface area contributed by atoms with Gasteiger partial charge >= 0.3 is 11.9 Å². The predicted octanol–water partition coefficient (Wildman–Crippen LogP) is 1.60. The molecule has 31 heavy (non-hydrogen) atoms. The quantitative estimate of drug-likeness (QED) is 0.620. The Labute approximate surface area is 180 Å². The Kier molecular flexibility index (Phi) is 4.43. The second kappa shape index (κ2) is 6.64. The molecule has 9 atom stereocenters. The third-order valence-electron chi connectivity index (χ3n) is 8.77. The van der Waals surface area contributed by atoms with Crippen LogP contribution in [-0.2, 0) is 38.1 Å². The fraction of sp³-hybridized carbons (Fsp3) is 0.739. The number of hydrogen-bond donors (Lipinski definition) is 0. The zero-order chi connectivity index (χ0) is 22.3. The molecule has 0 amide bonds. The van der Waals surface area contributed by atoms with Crippen molar-refractivity contribution in [2.24, 2.45) is 34.5 Å². The van der Waals surface area contributed by atoms with Crippen LogP contribution in [0.2, 0.25) is 0 Å². The van der Waals surface area contributed by atoms with Crippen molar-refractivity contribution in [2.45, 2.75) is 58.3 Å². The number of carbonyl (C=O) groups is 4. The van der Waals surface area contributed by atoms with E-state index in [4.69, 9.17) is 18.9 Å². The Morgan fingerprint density at radius 3 is 2.68 bits per heavy atom. The lowest BCUT2D eigenvalue weighted by molar-refractivity contribution is -0.228. The van der Waals surface area contributed by atoms with Crippen LogP contribution in [0.1, 0.15) is 40.0 Å². The van der Waals surface area contributed by atoms with E-state index in [-0.39, 0.29) is 24.1 Å². The Morgan fingerprint density at radius 2 is 2.00 bits per heavy atom. The van der Waals surface area contributed by atoms with Crippen molar-refractivity contribution in [1.82, 2.24) is 0 Å². The average Bonchev–Trinajstić information content (AvgIpc) is 3.27. The maximum absolute atomic E-state index is 13.8. The molecule has 0 aromatic carbocycles. The van der Waals surface area contributed by atoms with Crippen LogP contribution < -0.4 is 0 Å². The van der Waals surface area contributed by atoms with Crippen molar-refractivity contribution in [3.8, 4) is 0 Å². The van der Waals surface area contributed by atoms with Gasteiger partial charge in [0.15, 0.2) is 11.9 Å². The van der Waals surface area contributed by atoms with Gasteiger partial charge in [-0.05, 0) is 18.8 Å². The Hall–Kier alpha value is -2.22. The summed E-state index contributed by atoms with van der Waals surface area (Å²) in [7, 11) is 1.54. The molecule has 0 N–H and O–H groups in total. The van der Waals surface area contributed by atoms with Crippen LogP contribution in [0.25, 0.3) is 0 Å². The van der Waals surface area contributed by atoms with Crippen LogP contribution in [0.4, 0.5) is 0 Å². The first kappa shape index (κ1) is 20.7. The van der Waals surface area contributed by atoms with Gasteiger partial charge in [-0.15, -0.1) is 0 Å². The minimum absolute atomic E-state index is 0.104. The number of Topliss-reactive ketones (excluding diaryl/α,β-unsaturated/α-hetero) is 2. The highest BCUT2D eigenvalue weighted by atomic mass is 16.6. The van der Waals surface area contributed by atoms with E-state index in [0.29, 0.717) is 24.8 Å². The maximum Gasteiger partial charge on any atom is 0.337 e. The van der Waals surface area contributed by atoms with Crippen LogP contribution in [-0.4, -0.2) is 55.5 Å². The third kappa shape index (κ3) is 2.51. The van der Waals surface area contributed by atoms with E-state index in [0.717, 1.165) is 0 Å². The molecule has 0 spiro atoms. The molecule has 168 valence electrons. The fourth-order valence-electron chi connectivity index (χ4n) is 7.49. The molecule has 5 aliphatic rings. The summed E-state index contributed by atoms with van der Waals surface area (Å²) in [6, 6.07) is 0. The highest BCUT2D eigenvalue weighted by molar-refractivity contribution is 5.98. The highest BCUT2D eigenvalue weighted by Crippen LogP contribution is 2.66. The van der Waals surface area contributed by atoms with Gasteiger partial charge in [0.25, 0.3) is 0 Å². The summed E-state index contributed by atoms with van der Waals surface area (Å²) in [6.07, 6.45) is 0.687. The summed E-state index contributed by atoms with van der Waals surface area (Å²) in [5, 5.41) is 0. The summed E-state index contributed by atoms with van der Waals surface area (Å²) in [5.41, 5.74) is -1.12. The van der Waals surface area contributed by atoms with Crippen LogP contribution in [0.5, 0.6) is 0 Å². The van der Waals surface area contributed by atoms with Gasteiger partial charge in [-0.2, -0.15) is 0 Å². The first-order chi connectivity index (χ1) is 14.6. The fourth-order valence-corrected chi connectivity index (χ4v) is 7.49. The summed E-state index contributed by atoms with van der Waals surface area (Å²) in [6.45, 7) is 5.38. The Morgan fingerprint density at radius 1 is 1.26 bits per heavy atom. The molecule has 3 aliphatic carbocycles. The maximum atomic E-state index is 13.8. The molecule has 0 aromatic rings. The van der Waals surface area contributed by atoms with Crippen molar-refractivity contribution in [2.75, 3.05) is 13.7 Å². The third-order valence-corrected chi connectivity index (χ3v) is 8.77. The monoisotopic (exact) mass is 432 g/mol. The number of fused-ring (bicyclic) bond motifs is 4. The minimum Gasteiger partial charge on any atom is -0.489 e. The zero-order valence-corrected chi connectivity index (χ0v) is 18.2. The van der Waals surface area contributed by atoms with Crippen molar-refractivity contribution >= 4 is 23.5 Å². The van der Waals surface area contributed by atoms with Gasteiger partial charge in [0, 0.05) is 49.0 Å². The normalized spacial score (nSPS) is 47.5. The standard InChI is InChI=1S/C23H28O8/c1-10(24)30-13-7-22(2)12(5-6-14(22)25)16-18(13)23(3)15(9-28-4)31-21(27)11-8-29-20(17(11)23)19(16)26/h8,12-13,15-18,20H,5-7,9H2,1-4H3/t12-,13+,15+,16?,17?,18?,20?,22-,23-/m0/s1. The second-order valence-corrected chi connectivity index (χ2v) is 10.1. The first-order valence-corrected chi connectivity index (χ1v) is 10.9. The highest BCUT2D eigenvalue weighted by Gasteiger charge is 2.73. The molecule has 5 rings (SSSR count). The van der Waals surface area contributed by atoms with E-state index in [1.165, 1.54) is 20.3 Å². The number of rotatable bonds is 3. The number of carbonyl (C=O) groups excluding carboxylic acids is 4. The van der Waals surface area contributed by atoms with Crippen molar-refractivity contribution in [1.29, 1.82) is 0 Å². The smallest absolute Gasteiger partial charge is 0.337 e. The zero-order valence-electron chi connectivity index (χ0n) is 18.2.